The van der Waals surface area contributed by atoms with Crippen molar-refractivity contribution in [2.75, 3.05) is 32.8 Å². The van der Waals surface area contributed by atoms with E-state index in [2.05, 4.69) is 36.2 Å². The molecule has 0 fully saturated rings. The third kappa shape index (κ3) is 6.93. The van der Waals surface area contributed by atoms with Crippen LogP contribution in [-0.2, 0) is 6.54 Å². The van der Waals surface area contributed by atoms with E-state index in [1.54, 1.807) is 0 Å². The summed E-state index contributed by atoms with van der Waals surface area (Å²) in [5, 5.41) is 12.9. The van der Waals surface area contributed by atoms with Crippen LogP contribution in [0.4, 0.5) is 0 Å². The maximum absolute atomic E-state index is 9.48. The van der Waals surface area contributed by atoms with Crippen LogP contribution in [-0.4, -0.2) is 48.9 Å². The molecule has 1 unspecified atom stereocenters. The highest BCUT2D eigenvalue weighted by Crippen LogP contribution is 2.12. The number of rotatable bonds is 11. The normalized spacial score (nSPS) is 12.6. The lowest BCUT2D eigenvalue weighted by molar-refractivity contribution is 0.211. The first-order chi connectivity index (χ1) is 10.2. The van der Waals surface area contributed by atoms with E-state index >= 15 is 0 Å². The largest absolute Gasteiger partial charge is 0.494 e. The monoisotopic (exact) mass is 294 g/mol. The van der Waals surface area contributed by atoms with Gasteiger partial charge in [-0.15, -0.1) is 0 Å². The molecular formula is C17H30N2O2. The summed E-state index contributed by atoms with van der Waals surface area (Å²) in [6.45, 7) is 11.1. The molecule has 0 aliphatic carbocycles. The zero-order valence-electron chi connectivity index (χ0n) is 13.6. The van der Waals surface area contributed by atoms with Gasteiger partial charge in [-0.05, 0) is 50.7 Å². The summed E-state index contributed by atoms with van der Waals surface area (Å²) in [6.07, 6.45) is 0.967. The molecule has 0 spiro atoms. The van der Waals surface area contributed by atoms with Crippen LogP contribution >= 0.6 is 0 Å². The lowest BCUT2D eigenvalue weighted by atomic mass is 10.1. The van der Waals surface area contributed by atoms with Crippen molar-refractivity contribution in [3.8, 4) is 5.75 Å². The molecule has 1 rings (SSSR count). The minimum absolute atomic E-state index is 0.150. The first-order valence-electron chi connectivity index (χ1n) is 8.01. The summed E-state index contributed by atoms with van der Waals surface area (Å²) >= 11 is 0. The Bertz CT molecular complexity index is 364. The fourth-order valence-corrected chi connectivity index (χ4v) is 2.27. The summed E-state index contributed by atoms with van der Waals surface area (Å²) in [5.74, 6) is 0.904. The van der Waals surface area contributed by atoms with Crippen LogP contribution < -0.4 is 10.1 Å². The van der Waals surface area contributed by atoms with E-state index in [0.29, 0.717) is 6.61 Å². The van der Waals surface area contributed by atoms with Crippen molar-refractivity contribution in [2.45, 2.75) is 39.8 Å². The lowest BCUT2D eigenvalue weighted by Crippen LogP contribution is -2.36. The molecule has 4 heteroatoms. The van der Waals surface area contributed by atoms with E-state index in [9.17, 15) is 5.11 Å². The molecule has 0 aliphatic rings. The molecule has 0 aromatic heterocycles. The fraction of sp³-hybridized carbons (Fsp3) is 0.647. The van der Waals surface area contributed by atoms with Gasteiger partial charge in [-0.1, -0.05) is 26.0 Å². The quantitative estimate of drug-likeness (QED) is 0.657. The Labute approximate surface area is 129 Å². The van der Waals surface area contributed by atoms with Crippen molar-refractivity contribution in [2.24, 2.45) is 0 Å². The number of hydrogen-bond acceptors (Lipinski definition) is 4. The van der Waals surface area contributed by atoms with Gasteiger partial charge >= 0.3 is 0 Å². The molecule has 0 heterocycles. The van der Waals surface area contributed by atoms with E-state index in [1.807, 2.05) is 19.1 Å². The van der Waals surface area contributed by atoms with E-state index in [-0.39, 0.29) is 12.6 Å². The van der Waals surface area contributed by atoms with Crippen molar-refractivity contribution >= 4 is 0 Å². The van der Waals surface area contributed by atoms with Gasteiger partial charge < -0.3 is 20.1 Å². The van der Waals surface area contributed by atoms with E-state index in [1.165, 1.54) is 5.56 Å². The Morgan fingerprint density at radius 1 is 1.14 bits per heavy atom. The zero-order chi connectivity index (χ0) is 15.5. The topological polar surface area (TPSA) is 44.7 Å². The molecule has 0 saturated carbocycles. The minimum atomic E-state index is 0.150. The standard InChI is InChI=1S/C17H30N2O2/c1-4-19(5-2)12-11-16(14-20)18-13-15-7-9-17(10-8-15)21-6-3/h7-10,16,18,20H,4-6,11-14H2,1-3H3. The highest BCUT2D eigenvalue weighted by Gasteiger charge is 2.09. The third-order valence-corrected chi connectivity index (χ3v) is 3.74. The van der Waals surface area contributed by atoms with Crippen LogP contribution in [0.15, 0.2) is 24.3 Å². The number of hydrogen-bond donors (Lipinski definition) is 2. The van der Waals surface area contributed by atoms with Crippen LogP contribution in [0, 0.1) is 0 Å². The summed E-state index contributed by atoms with van der Waals surface area (Å²) in [5.41, 5.74) is 1.21. The SMILES string of the molecule is CCOc1ccc(CNC(CO)CCN(CC)CC)cc1. The predicted molar refractivity (Wildman–Crippen MR) is 87.7 cm³/mol. The molecule has 4 nitrogen and oxygen atoms in total. The molecule has 0 aliphatic heterocycles. The molecule has 0 saturated heterocycles. The van der Waals surface area contributed by atoms with Crippen molar-refractivity contribution in [1.82, 2.24) is 10.2 Å². The van der Waals surface area contributed by atoms with Crippen LogP contribution in [0.1, 0.15) is 32.8 Å². The number of aliphatic hydroxyl groups excluding tert-OH is 1. The van der Waals surface area contributed by atoms with Gasteiger partial charge in [0.2, 0.25) is 0 Å². The summed E-state index contributed by atoms with van der Waals surface area (Å²) in [7, 11) is 0. The van der Waals surface area contributed by atoms with Crippen LogP contribution in [0.5, 0.6) is 5.75 Å². The summed E-state index contributed by atoms with van der Waals surface area (Å²) < 4.78 is 5.43. The van der Waals surface area contributed by atoms with Crippen LogP contribution in [0.2, 0.25) is 0 Å². The second kappa shape index (κ2) is 10.6. The number of benzene rings is 1. The van der Waals surface area contributed by atoms with Crippen LogP contribution in [0.3, 0.4) is 0 Å². The summed E-state index contributed by atoms with van der Waals surface area (Å²) in [4.78, 5) is 2.38. The molecule has 1 aromatic rings. The van der Waals surface area contributed by atoms with E-state index < -0.39 is 0 Å². The Morgan fingerprint density at radius 3 is 2.33 bits per heavy atom. The molecule has 21 heavy (non-hydrogen) atoms. The van der Waals surface area contributed by atoms with Gasteiger partial charge in [0, 0.05) is 12.6 Å². The van der Waals surface area contributed by atoms with Gasteiger partial charge in [-0.25, -0.2) is 0 Å². The summed E-state index contributed by atoms with van der Waals surface area (Å²) in [6, 6.07) is 8.26. The van der Waals surface area contributed by atoms with Gasteiger partial charge in [-0.2, -0.15) is 0 Å². The van der Waals surface area contributed by atoms with Gasteiger partial charge in [0.05, 0.1) is 13.2 Å². The highest BCUT2D eigenvalue weighted by molar-refractivity contribution is 5.27. The second-order valence-corrected chi connectivity index (χ2v) is 5.15. The van der Waals surface area contributed by atoms with Crippen molar-refractivity contribution in [3.63, 3.8) is 0 Å². The highest BCUT2D eigenvalue weighted by atomic mass is 16.5. The smallest absolute Gasteiger partial charge is 0.119 e. The van der Waals surface area contributed by atoms with Crippen LogP contribution in [0.25, 0.3) is 0 Å². The second-order valence-electron chi connectivity index (χ2n) is 5.15. The lowest BCUT2D eigenvalue weighted by Gasteiger charge is -2.22. The molecule has 2 N–H and O–H groups in total. The van der Waals surface area contributed by atoms with Gasteiger partial charge in [0.25, 0.3) is 0 Å². The molecular weight excluding hydrogens is 264 g/mol. The minimum Gasteiger partial charge on any atom is -0.494 e. The number of nitrogens with one attached hydrogen (secondary N) is 1. The Hall–Kier alpha value is -1.10. The molecule has 0 amide bonds. The van der Waals surface area contributed by atoms with E-state index in [0.717, 1.165) is 38.3 Å². The fourth-order valence-electron chi connectivity index (χ4n) is 2.27. The number of ether oxygens (including phenoxy) is 1. The van der Waals surface area contributed by atoms with Gasteiger partial charge in [-0.3, -0.25) is 0 Å². The molecule has 0 radical (unpaired) electrons. The number of aliphatic hydroxyl groups is 1. The molecule has 120 valence electrons. The maximum atomic E-state index is 9.48. The first-order valence-corrected chi connectivity index (χ1v) is 8.01. The Morgan fingerprint density at radius 2 is 1.81 bits per heavy atom. The van der Waals surface area contributed by atoms with Gasteiger partial charge in [0.1, 0.15) is 5.75 Å². The maximum Gasteiger partial charge on any atom is 0.119 e. The average molecular weight is 294 g/mol. The van der Waals surface area contributed by atoms with Gasteiger partial charge in [0.15, 0.2) is 0 Å². The molecule has 1 aromatic carbocycles. The van der Waals surface area contributed by atoms with E-state index in [4.69, 9.17) is 4.74 Å². The number of nitrogens with zero attached hydrogens (tertiary/aromatic N) is 1. The Balaban J connectivity index is 2.36. The molecule has 0 bridgehead atoms. The van der Waals surface area contributed by atoms with Crippen molar-refractivity contribution in [1.29, 1.82) is 0 Å². The first kappa shape index (κ1) is 18.0. The average Bonchev–Trinajstić information content (AvgIpc) is 2.53. The predicted octanol–water partition coefficient (Wildman–Crippen LogP) is 2.27. The zero-order valence-corrected chi connectivity index (χ0v) is 13.6. The third-order valence-electron chi connectivity index (χ3n) is 3.74. The Kier molecular flexibility index (Phi) is 9.06. The molecule has 1 atom stereocenters. The van der Waals surface area contributed by atoms with Crippen molar-refractivity contribution in [3.05, 3.63) is 29.8 Å². The van der Waals surface area contributed by atoms with Crippen molar-refractivity contribution < 1.29 is 9.84 Å².